The van der Waals surface area contributed by atoms with Crippen molar-refractivity contribution in [3.63, 3.8) is 0 Å². The van der Waals surface area contributed by atoms with Crippen LogP contribution in [0.1, 0.15) is 27.3 Å². The van der Waals surface area contributed by atoms with Gasteiger partial charge in [0.05, 0.1) is 33.5 Å². The summed E-state index contributed by atoms with van der Waals surface area (Å²) in [7, 11) is 0. The van der Waals surface area contributed by atoms with E-state index in [4.69, 9.17) is 11.6 Å². The lowest BCUT2D eigenvalue weighted by Crippen LogP contribution is -2.25. The van der Waals surface area contributed by atoms with Gasteiger partial charge in [-0.05, 0) is 55.5 Å². The molecule has 2 amide bonds. The Morgan fingerprint density at radius 3 is 2.48 bits per heavy atom. The lowest BCUT2D eigenvalue weighted by Gasteiger charge is -2.13. The SMILES string of the molecule is Cc1c(C(=O)NCc2nnc(SCC(=O)Nc3cc(C(F)(F)F)ccc3Cl)n2-c2ccc(F)cc2)cccc1[N+](=O)[O-]. The molecule has 0 spiro atoms. The van der Waals surface area contributed by atoms with E-state index in [1.807, 2.05) is 0 Å². The van der Waals surface area contributed by atoms with Crippen molar-refractivity contribution in [2.45, 2.75) is 24.8 Å². The number of anilines is 1. The number of nitrogens with one attached hydrogen (secondary N) is 2. The van der Waals surface area contributed by atoms with E-state index in [9.17, 15) is 37.3 Å². The fourth-order valence-electron chi connectivity index (χ4n) is 3.79. The molecule has 2 N–H and O–H groups in total. The Bertz CT molecular complexity index is 1660. The highest BCUT2D eigenvalue weighted by Gasteiger charge is 2.31. The Labute approximate surface area is 244 Å². The third kappa shape index (κ3) is 7.03. The fraction of sp³-hybridized carbons (Fsp3) is 0.154. The standard InChI is InChI=1S/C26H19ClF4N6O4S/c1-14-18(3-2-4-21(14)37(40)41)24(39)32-12-22-34-35-25(36(22)17-8-6-16(28)7-9-17)42-13-23(38)33-20-11-15(26(29,30)31)5-10-19(20)27/h2-11H,12-13H2,1H3,(H,32,39)(H,33,38). The molecule has 0 radical (unpaired) electrons. The van der Waals surface area contributed by atoms with Crippen LogP contribution < -0.4 is 10.6 Å². The van der Waals surface area contributed by atoms with Gasteiger partial charge in [0.2, 0.25) is 5.91 Å². The van der Waals surface area contributed by atoms with Gasteiger partial charge in [0.15, 0.2) is 11.0 Å². The molecule has 218 valence electrons. The molecule has 0 aliphatic rings. The summed E-state index contributed by atoms with van der Waals surface area (Å²) in [6, 6.07) is 11.8. The molecule has 4 rings (SSSR count). The van der Waals surface area contributed by atoms with Crippen LogP contribution in [0.25, 0.3) is 5.69 Å². The average Bonchev–Trinajstić information content (AvgIpc) is 3.34. The average molecular weight is 623 g/mol. The highest BCUT2D eigenvalue weighted by molar-refractivity contribution is 7.99. The van der Waals surface area contributed by atoms with Gasteiger partial charge in [-0.15, -0.1) is 10.2 Å². The molecular formula is C26H19ClF4N6O4S. The first kappa shape index (κ1) is 30.5. The minimum Gasteiger partial charge on any atom is -0.345 e. The van der Waals surface area contributed by atoms with Crippen molar-refractivity contribution in [1.82, 2.24) is 20.1 Å². The van der Waals surface area contributed by atoms with E-state index in [1.165, 1.54) is 54.0 Å². The van der Waals surface area contributed by atoms with Crippen molar-refractivity contribution in [2.75, 3.05) is 11.1 Å². The second-order valence-corrected chi connectivity index (χ2v) is 9.98. The first-order chi connectivity index (χ1) is 19.8. The van der Waals surface area contributed by atoms with Crippen LogP contribution in [0.5, 0.6) is 0 Å². The number of aromatic nitrogens is 3. The summed E-state index contributed by atoms with van der Waals surface area (Å²) in [6.45, 7) is 1.25. The number of nitrogens with zero attached hydrogens (tertiary/aromatic N) is 4. The second-order valence-electron chi connectivity index (χ2n) is 8.63. The number of amides is 2. The van der Waals surface area contributed by atoms with Crippen LogP contribution >= 0.6 is 23.4 Å². The maximum absolute atomic E-state index is 13.6. The highest BCUT2D eigenvalue weighted by Crippen LogP contribution is 2.34. The number of carbonyl (C=O) groups is 2. The predicted octanol–water partition coefficient (Wildman–Crippen LogP) is 5.96. The Hall–Kier alpha value is -4.50. The van der Waals surface area contributed by atoms with Gasteiger partial charge in [-0.2, -0.15) is 13.2 Å². The molecule has 0 fully saturated rings. The summed E-state index contributed by atoms with van der Waals surface area (Å²) in [5.74, 6) is -1.95. The molecule has 1 aromatic heterocycles. The quantitative estimate of drug-likeness (QED) is 0.102. The molecule has 3 aromatic carbocycles. The van der Waals surface area contributed by atoms with Crippen LogP contribution in [-0.4, -0.2) is 37.3 Å². The van der Waals surface area contributed by atoms with Gasteiger partial charge in [-0.25, -0.2) is 4.39 Å². The third-order valence-electron chi connectivity index (χ3n) is 5.84. The van der Waals surface area contributed by atoms with Gasteiger partial charge in [-0.1, -0.05) is 29.4 Å². The second kappa shape index (κ2) is 12.6. The Balaban J connectivity index is 1.53. The first-order valence-electron chi connectivity index (χ1n) is 11.9. The van der Waals surface area contributed by atoms with Crippen LogP contribution in [0.4, 0.5) is 28.9 Å². The van der Waals surface area contributed by atoms with Crippen LogP contribution in [0.3, 0.4) is 0 Å². The van der Waals surface area contributed by atoms with Crippen molar-refractivity contribution in [2.24, 2.45) is 0 Å². The van der Waals surface area contributed by atoms with E-state index in [-0.39, 0.29) is 50.8 Å². The molecule has 16 heteroatoms. The Morgan fingerprint density at radius 2 is 1.81 bits per heavy atom. The molecule has 0 atom stereocenters. The molecule has 42 heavy (non-hydrogen) atoms. The lowest BCUT2D eigenvalue weighted by atomic mass is 10.1. The molecule has 0 saturated heterocycles. The molecule has 0 aliphatic carbocycles. The minimum absolute atomic E-state index is 0.0802. The molecule has 10 nitrogen and oxygen atoms in total. The van der Waals surface area contributed by atoms with Crippen LogP contribution in [0, 0.1) is 22.9 Å². The van der Waals surface area contributed by atoms with E-state index in [1.54, 1.807) is 0 Å². The van der Waals surface area contributed by atoms with Crippen molar-refractivity contribution in [1.29, 1.82) is 0 Å². The van der Waals surface area contributed by atoms with Crippen molar-refractivity contribution >= 4 is 46.6 Å². The van der Waals surface area contributed by atoms with Crippen LogP contribution in [0.15, 0.2) is 65.8 Å². The minimum atomic E-state index is -4.63. The lowest BCUT2D eigenvalue weighted by molar-refractivity contribution is -0.385. The first-order valence-corrected chi connectivity index (χ1v) is 13.2. The number of hydrogen-bond acceptors (Lipinski definition) is 7. The zero-order chi connectivity index (χ0) is 30.6. The van der Waals surface area contributed by atoms with Crippen molar-refractivity contribution in [3.05, 3.63) is 104 Å². The maximum Gasteiger partial charge on any atom is 0.416 e. The van der Waals surface area contributed by atoms with E-state index >= 15 is 0 Å². The van der Waals surface area contributed by atoms with Gasteiger partial charge in [0, 0.05) is 22.9 Å². The molecule has 4 aromatic rings. The van der Waals surface area contributed by atoms with Gasteiger partial charge >= 0.3 is 6.18 Å². The summed E-state index contributed by atoms with van der Waals surface area (Å²) in [5, 5.41) is 24.4. The van der Waals surface area contributed by atoms with E-state index in [0.29, 0.717) is 5.69 Å². The van der Waals surface area contributed by atoms with Crippen molar-refractivity contribution in [3.8, 4) is 5.69 Å². The number of nitro benzene ring substituents is 1. The largest absolute Gasteiger partial charge is 0.416 e. The number of alkyl halides is 3. The topological polar surface area (TPSA) is 132 Å². The fourth-order valence-corrected chi connectivity index (χ4v) is 4.73. The molecule has 0 unspecified atom stereocenters. The number of carbonyl (C=O) groups excluding carboxylic acids is 2. The van der Waals surface area contributed by atoms with Gasteiger partial charge in [0.25, 0.3) is 11.6 Å². The number of hydrogen-bond donors (Lipinski definition) is 2. The maximum atomic E-state index is 13.6. The van der Waals surface area contributed by atoms with Gasteiger partial charge in [0.1, 0.15) is 5.82 Å². The number of benzene rings is 3. The summed E-state index contributed by atoms with van der Waals surface area (Å²) in [5.41, 5.74) is -0.795. The molecular weight excluding hydrogens is 604 g/mol. The number of rotatable bonds is 9. The molecule has 0 saturated carbocycles. The Kier molecular flexibility index (Phi) is 9.11. The van der Waals surface area contributed by atoms with E-state index in [0.717, 1.165) is 30.0 Å². The Morgan fingerprint density at radius 1 is 1.10 bits per heavy atom. The van der Waals surface area contributed by atoms with Crippen LogP contribution in [0.2, 0.25) is 5.02 Å². The van der Waals surface area contributed by atoms with Gasteiger partial charge in [-0.3, -0.25) is 24.3 Å². The zero-order valence-corrected chi connectivity index (χ0v) is 23.0. The zero-order valence-electron chi connectivity index (χ0n) is 21.4. The number of thioether (sulfide) groups is 1. The predicted molar refractivity (Wildman–Crippen MR) is 146 cm³/mol. The molecule has 0 aliphatic heterocycles. The summed E-state index contributed by atoms with van der Waals surface area (Å²) >= 11 is 6.83. The van der Waals surface area contributed by atoms with Crippen LogP contribution in [-0.2, 0) is 17.5 Å². The smallest absolute Gasteiger partial charge is 0.345 e. The third-order valence-corrected chi connectivity index (χ3v) is 7.10. The van der Waals surface area contributed by atoms with E-state index in [2.05, 4.69) is 20.8 Å². The summed E-state index contributed by atoms with van der Waals surface area (Å²) in [6.07, 6.45) is -4.63. The number of nitro groups is 1. The molecule has 1 heterocycles. The number of halogens is 5. The normalized spacial score (nSPS) is 11.3. The summed E-state index contributed by atoms with van der Waals surface area (Å²) in [4.78, 5) is 36.1. The van der Waals surface area contributed by atoms with Gasteiger partial charge < -0.3 is 10.6 Å². The van der Waals surface area contributed by atoms with Crippen molar-refractivity contribution < 1.29 is 32.1 Å². The summed E-state index contributed by atoms with van der Waals surface area (Å²) < 4.78 is 54.3. The van der Waals surface area contributed by atoms with E-state index < -0.39 is 34.3 Å². The monoisotopic (exact) mass is 622 g/mol. The molecule has 0 bridgehead atoms. The highest BCUT2D eigenvalue weighted by atomic mass is 35.5.